The lowest BCUT2D eigenvalue weighted by atomic mass is 9.56. The van der Waals surface area contributed by atoms with Gasteiger partial charge in [-0.3, -0.25) is 4.79 Å². The smallest absolute Gasteiger partial charge is 0.306 e. The summed E-state index contributed by atoms with van der Waals surface area (Å²) in [4.78, 5) is 11.9. The van der Waals surface area contributed by atoms with Crippen LogP contribution in [0.15, 0.2) is 0 Å². The van der Waals surface area contributed by atoms with E-state index in [0.717, 1.165) is 0 Å². The highest BCUT2D eigenvalue weighted by Crippen LogP contribution is 2.55. The predicted molar refractivity (Wildman–Crippen MR) is 69.7 cm³/mol. The van der Waals surface area contributed by atoms with Crippen LogP contribution in [0, 0.1) is 10.8 Å². The number of aliphatic hydroxyl groups excluding tert-OH is 4. The number of esters is 1. The molecule has 116 valence electrons. The summed E-state index contributed by atoms with van der Waals surface area (Å²) in [6.45, 7) is 5.05. The number of ether oxygens (including phenoxy) is 1. The van der Waals surface area contributed by atoms with E-state index in [-0.39, 0.29) is 25.9 Å². The van der Waals surface area contributed by atoms with Gasteiger partial charge in [-0.05, 0) is 6.42 Å². The van der Waals surface area contributed by atoms with Crippen molar-refractivity contribution in [3.05, 3.63) is 0 Å². The molecule has 2 rings (SSSR count). The third-order valence-corrected chi connectivity index (χ3v) is 5.07. The number of aliphatic hydroxyl groups is 4. The van der Waals surface area contributed by atoms with Crippen molar-refractivity contribution < 1.29 is 30.0 Å². The first kappa shape index (κ1) is 15.7. The van der Waals surface area contributed by atoms with E-state index in [1.807, 2.05) is 0 Å². The minimum atomic E-state index is -1.46. The molecule has 5 atom stereocenters. The van der Waals surface area contributed by atoms with Crippen LogP contribution in [0.25, 0.3) is 0 Å². The lowest BCUT2D eigenvalue weighted by Gasteiger charge is -2.56. The van der Waals surface area contributed by atoms with Gasteiger partial charge in [0.05, 0.1) is 12.7 Å². The van der Waals surface area contributed by atoms with Crippen molar-refractivity contribution in [1.29, 1.82) is 0 Å². The summed E-state index contributed by atoms with van der Waals surface area (Å²) in [6.07, 6.45) is -3.72. The number of hydrogen-bond donors (Lipinski definition) is 4. The summed E-state index contributed by atoms with van der Waals surface area (Å²) in [5, 5.41) is 40.6. The van der Waals surface area contributed by atoms with E-state index in [1.165, 1.54) is 0 Å². The van der Waals surface area contributed by atoms with Crippen molar-refractivity contribution >= 4 is 5.97 Å². The van der Waals surface area contributed by atoms with Gasteiger partial charge in [0.2, 0.25) is 0 Å². The average molecular weight is 288 g/mol. The molecule has 0 aromatic rings. The minimum absolute atomic E-state index is 0.0505. The van der Waals surface area contributed by atoms with Gasteiger partial charge in [0, 0.05) is 23.7 Å². The van der Waals surface area contributed by atoms with Crippen LogP contribution in [-0.2, 0) is 9.53 Å². The van der Waals surface area contributed by atoms with E-state index < -0.39 is 40.7 Å². The zero-order chi connectivity index (χ0) is 15.3. The largest absolute Gasteiger partial charge is 0.456 e. The highest BCUT2D eigenvalue weighted by atomic mass is 16.6. The van der Waals surface area contributed by atoms with E-state index in [1.54, 1.807) is 20.8 Å². The highest BCUT2D eigenvalue weighted by Gasteiger charge is 2.66. The Hall–Kier alpha value is -0.690. The molecule has 1 unspecified atom stereocenters. The molecule has 0 aromatic carbocycles. The van der Waals surface area contributed by atoms with Gasteiger partial charge in [0.25, 0.3) is 0 Å². The standard InChI is InChI=1S/C14H24O6/c1-12(2,3)14-6-13(7-15,5-4-8(16)20-14)10(18)9(17)11(14)19/h9-11,15,17-19H,4-7H2,1-3H3/t9-,10-,11+,13+,14?/m0/s1. The lowest BCUT2D eigenvalue weighted by molar-refractivity contribution is -0.267. The first-order valence-corrected chi connectivity index (χ1v) is 6.96. The normalized spacial score (nSPS) is 45.8. The van der Waals surface area contributed by atoms with Crippen LogP contribution in [-0.4, -0.2) is 56.9 Å². The fourth-order valence-corrected chi connectivity index (χ4v) is 3.57. The molecule has 1 saturated carbocycles. The molecule has 4 N–H and O–H groups in total. The molecular weight excluding hydrogens is 264 g/mol. The van der Waals surface area contributed by atoms with E-state index in [0.29, 0.717) is 0 Å². The summed E-state index contributed by atoms with van der Waals surface area (Å²) in [6, 6.07) is 0. The third-order valence-electron chi connectivity index (χ3n) is 5.07. The first-order valence-electron chi connectivity index (χ1n) is 6.96. The Kier molecular flexibility index (Phi) is 3.66. The van der Waals surface area contributed by atoms with Gasteiger partial charge in [0.1, 0.15) is 17.8 Å². The summed E-state index contributed by atoms with van der Waals surface area (Å²) in [7, 11) is 0. The van der Waals surface area contributed by atoms with Crippen molar-refractivity contribution in [2.45, 2.75) is 63.9 Å². The molecule has 1 heterocycles. The van der Waals surface area contributed by atoms with Crippen LogP contribution in [0.1, 0.15) is 40.0 Å². The van der Waals surface area contributed by atoms with Crippen molar-refractivity contribution in [1.82, 2.24) is 0 Å². The Morgan fingerprint density at radius 2 is 1.85 bits per heavy atom. The number of carbonyl (C=O) groups is 1. The summed E-state index contributed by atoms with van der Waals surface area (Å²) >= 11 is 0. The van der Waals surface area contributed by atoms with Gasteiger partial charge in [-0.15, -0.1) is 0 Å². The zero-order valence-corrected chi connectivity index (χ0v) is 12.2. The molecule has 0 spiro atoms. The molecule has 1 saturated heterocycles. The van der Waals surface area contributed by atoms with Crippen LogP contribution in [0.3, 0.4) is 0 Å². The molecule has 1 aliphatic carbocycles. The van der Waals surface area contributed by atoms with Crippen molar-refractivity contribution in [3.8, 4) is 0 Å². The monoisotopic (exact) mass is 288 g/mol. The molecule has 2 bridgehead atoms. The van der Waals surface area contributed by atoms with E-state index in [9.17, 15) is 25.2 Å². The topological polar surface area (TPSA) is 107 Å². The Morgan fingerprint density at radius 3 is 2.35 bits per heavy atom. The molecule has 20 heavy (non-hydrogen) atoms. The first-order chi connectivity index (χ1) is 9.09. The molecular formula is C14H24O6. The quantitative estimate of drug-likeness (QED) is 0.488. The van der Waals surface area contributed by atoms with Gasteiger partial charge < -0.3 is 25.2 Å². The molecule has 0 radical (unpaired) electrons. The average Bonchev–Trinajstić information content (AvgIpc) is 2.51. The maximum absolute atomic E-state index is 11.9. The van der Waals surface area contributed by atoms with Crippen molar-refractivity contribution in [3.63, 3.8) is 0 Å². The fourth-order valence-electron chi connectivity index (χ4n) is 3.57. The number of rotatable bonds is 1. The SMILES string of the molecule is CC(C)(C)C12C[C@@](CO)(CCC(=O)O1)[C@@H](O)[C@H](O)[C@H]2O. The van der Waals surface area contributed by atoms with Gasteiger partial charge in [-0.1, -0.05) is 20.8 Å². The Bertz CT molecular complexity index is 403. The fraction of sp³-hybridized carbons (Fsp3) is 0.929. The number of carbonyl (C=O) groups excluding carboxylic acids is 1. The second-order valence-electron chi connectivity index (χ2n) is 7.19. The van der Waals surface area contributed by atoms with Crippen LogP contribution in [0.2, 0.25) is 0 Å². The van der Waals surface area contributed by atoms with Crippen molar-refractivity contribution in [2.75, 3.05) is 6.61 Å². The maximum Gasteiger partial charge on any atom is 0.306 e. The second kappa shape index (κ2) is 4.66. The van der Waals surface area contributed by atoms with Gasteiger partial charge >= 0.3 is 5.97 Å². The Balaban J connectivity index is 2.59. The van der Waals surface area contributed by atoms with Gasteiger partial charge in [-0.2, -0.15) is 0 Å². The molecule has 1 aliphatic heterocycles. The minimum Gasteiger partial charge on any atom is -0.456 e. The third kappa shape index (κ3) is 1.97. The molecule has 2 fully saturated rings. The second-order valence-corrected chi connectivity index (χ2v) is 7.19. The predicted octanol–water partition coefficient (Wildman–Crippen LogP) is -0.427. The van der Waals surface area contributed by atoms with E-state index in [2.05, 4.69) is 0 Å². The highest BCUT2D eigenvalue weighted by molar-refractivity contribution is 5.70. The Morgan fingerprint density at radius 1 is 1.25 bits per heavy atom. The lowest BCUT2D eigenvalue weighted by Crippen LogP contribution is -2.70. The zero-order valence-electron chi connectivity index (χ0n) is 12.2. The van der Waals surface area contributed by atoms with Crippen LogP contribution in [0.5, 0.6) is 0 Å². The number of fused-ring (bicyclic) bond motifs is 2. The Labute approximate surface area is 118 Å². The van der Waals surface area contributed by atoms with Crippen LogP contribution >= 0.6 is 0 Å². The van der Waals surface area contributed by atoms with Crippen LogP contribution < -0.4 is 0 Å². The molecule has 0 aromatic heterocycles. The van der Waals surface area contributed by atoms with Crippen LogP contribution in [0.4, 0.5) is 0 Å². The molecule has 6 heteroatoms. The van der Waals surface area contributed by atoms with E-state index >= 15 is 0 Å². The van der Waals surface area contributed by atoms with Gasteiger partial charge in [0.15, 0.2) is 0 Å². The maximum atomic E-state index is 11.9. The van der Waals surface area contributed by atoms with Crippen molar-refractivity contribution in [2.24, 2.45) is 10.8 Å². The van der Waals surface area contributed by atoms with E-state index in [4.69, 9.17) is 4.74 Å². The summed E-state index contributed by atoms with van der Waals surface area (Å²) in [5.41, 5.74) is -2.99. The number of hydrogen-bond acceptors (Lipinski definition) is 6. The van der Waals surface area contributed by atoms with Gasteiger partial charge in [-0.25, -0.2) is 0 Å². The molecule has 2 aliphatic rings. The summed E-state index contributed by atoms with van der Waals surface area (Å²) < 4.78 is 5.52. The molecule has 6 nitrogen and oxygen atoms in total. The molecule has 0 amide bonds. The summed E-state index contributed by atoms with van der Waals surface area (Å²) in [5.74, 6) is -0.476.